The minimum atomic E-state index is -0.307. The molecule has 0 radical (unpaired) electrons. The highest BCUT2D eigenvalue weighted by Crippen LogP contribution is 1.79. The van der Waals surface area contributed by atoms with Crippen LogP contribution in [0.2, 0.25) is 0 Å². The van der Waals surface area contributed by atoms with Gasteiger partial charge in [0.05, 0.1) is 6.61 Å². The van der Waals surface area contributed by atoms with Gasteiger partial charge in [-0.3, -0.25) is 4.79 Å². The molecule has 5 nitrogen and oxygen atoms in total. The smallest absolute Gasteiger partial charge is 0.325 e. The second-order valence-corrected chi connectivity index (χ2v) is 3.17. The molecule has 0 saturated heterocycles. The average Bonchev–Trinajstić information content (AvgIpc) is 2.22. The van der Waals surface area contributed by atoms with Crippen LogP contribution in [0.25, 0.3) is 0 Å². The molecular weight excluding hydrogens is 216 g/mol. The Labute approximate surface area is 95.5 Å². The summed E-state index contributed by atoms with van der Waals surface area (Å²) in [4.78, 5) is 10.9. The predicted octanol–water partition coefficient (Wildman–Crippen LogP) is 0.0501. The molecule has 0 aromatic carbocycles. The molecule has 15 heavy (non-hydrogen) atoms. The second kappa shape index (κ2) is 9.67. The van der Waals surface area contributed by atoms with Gasteiger partial charge < -0.3 is 20.1 Å². The SMILES string of the molecule is CCOC(=O)CNC(=S)NCCCOC. The Morgan fingerprint density at radius 3 is 2.73 bits per heavy atom. The Bertz CT molecular complexity index is 200. The van der Waals surface area contributed by atoms with Crippen LogP contribution in [-0.4, -0.2) is 44.5 Å². The average molecular weight is 234 g/mol. The van der Waals surface area contributed by atoms with Crippen molar-refractivity contribution >= 4 is 23.3 Å². The van der Waals surface area contributed by atoms with Gasteiger partial charge in [0, 0.05) is 20.3 Å². The van der Waals surface area contributed by atoms with Crippen molar-refractivity contribution in [1.82, 2.24) is 10.6 Å². The van der Waals surface area contributed by atoms with Crippen molar-refractivity contribution in [3.05, 3.63) is 0 Å². The number of esters is 1. The summed E-state index contributed by atoms with van der Waals surface area (Å²) in [5, 5.41) is 6.15. The minimum Gasteiger partial charge on any atom is -0.465 e. The molecule has 0 bridgehead atoms. The van der Waals surface area contributed by atoms with Gasteiger partial charge in [-0.1, -0.05) is 0 Å². The molecule has 0 amide bonds. The van der Waals surface area contributed by atoms with E-state index in [0.717, 1.165) is 13.0 Å². The van der Waals surface area contributed by atoms with E-state index in [2.05, 4.69) is 10.6 Å². The van der Waals surface area contributed by atoms with Crippen molar-refractivity contribution in [3.8, 4) is 0 Å². The normalized spacial score (nSPS) is 9.47. The Kier molecular flexibility index (Phi) is 9.10. The van der Waals surface area contributed by atoms with Crippen molar-refractivity contribution in [2.24, 2.45) is 0 Å². The van der Waals surface area contributed by atoms with Gasteiger partial charge in [0.15, 0.2) is 5.11 Å². The molecular formula is C9H18N2O3S. The van der Waals surface area contributed by atoms with Gasteiger partial charge in [0.2, 0.25) is 0 Å². The van der Waals surface area contributed by atoms with Crippen LogP contribution in [0, 0.1) is 0 Å². The quantitative estimate of drug-likeness (QED) is 0.369. The molecule has 6 heteroatoms. The number of nitrogens with one attached hydrogen (secondary N) is 2. The highest BCUT2D eigenvalue weighted by Gasteiger charge is 2.01. The van der Waals surface area contributed by atoms with Crippen LogP contribution in [0.15, 0.2) is 0 Å². The van der Waals surface area contributed by atoms with Gasteiger partial charge in [-0.05, 0) is 25.6 Å². The lowest BCUT2D eigenvalue weighted by Crippen LogP contribution is -2.39. The summed E-state index contributed by atoms with van der Waals surface area (Å²) in [5.74, 6) is -0.307. The number of carbonyl (C=O) groups is 1. The second-order valence-electron chi connectivity index (χ2n) is 2.76. The van der Waals surface area contributed by atoms with Crippen molar-refractivity contribution in [2.45, 2.75) is 13.3 Å². The van der Waals surface area contributed by atoms with E-state index in [1.54, 1.807) is 14.0 Å². The molecule has 0 aliphatic carbocycles. The first-order chi connectivity index (χ1) is 7.20. The van der Waals surface area contributed by atoms with Gasteiger partial charge in [0.25, 0.3) is 0 Å². The maximum atomic E-state index is 10.9. The Morgan fingerprint density at radius 1 is 1.40 bits per heavy atom. The van der Waals surface area contributed by atoms with Crippen LogP contribution in [0.4, 0.5) is 0 Å². The van der Waals surface area contributed by atoms with E-state index in [4.69, 9.17) is 21.7 Å². The summed E-state index contributed by atoms with van der Waals surface area (Å²) in [6.07, 6.45) is 0.873. The van der Waals surface area contributed by atoms with Crippen molar-refractivity contribution in [1.29, 1.82) is 0 Å². The third-order valence-electron chi connectivity index (χ3n) is 1.51. The van der Waals surface area contributed by atoms with Crippen LogP contribution >= 0.6 is 12.2 Å². The summed E-state index contributed by atoms with van der Waals surface area (Å²) in [6.45, 7) is 3.66. The lowest BCUT2D eigenvalue weighted by molar-refractivity contribution is -0.141. The van der Waals surface area contributed by atoms with Gasteiger partial charge in [0.1, 0.15) is 6.54 Å². The van der Waals surface area contributed by atoms with Gasteiger partial charge >= 0.3 is 5.97 Å². The van der Waals surface area contributed by atoms with Crippen molar-refractivity contribution in [3.63, 3.8) is 0 Å². The molecule has 0 fully saturated rings. The number of methoxy groups -OCH3 is 1. The molecule has 88 valence electrons. The van der Waals surface area contributed by atoms with Crippen molar-refractivity contribution < 1.29 is 14.3 Å². The van der Waals surface area contributed by atoms with E-state index in [0.29, 0.717) is 18.3 Å². The maximum Gasteiger partial charge on any atom is 0.325 e. The lowest BCUT2D eigenvalue weighted by Gasteiger charge is -2.09. The summed E-state index contributed by atoms with van der Waals surface area (Å²) in [6, 6.07) is 0. The van der Waals surface area contributed by atoms with E-state index < -0.39 is 0 Å². The molecule has 0 aliphatic heterocycles. The van der Waals surface area contributed by atoms with E-state index in [9.17, 15) is 4.79 Å². The zero-order chi connectivity index (χ0) is 11.5. The molecule has 0 aromatic rings. The molecule has 0 spiro atoms. The molecule has 0 aromatic heterocycles. The highest BCUT2D eigenvalue weighted by molar-refractivity contribution is 7.80. The van der Waals surface area contributed by atoms with Crippen LogP contribution in [0.1, 0.15) is 13.3 Å². The maximum absolute atomic E-state index is 10.9. The molecule has 0 rings (SSSR count). The third kappa shape index (κ3) is 9.42. The molecule has 0 saturated carbocycles. The first-order valence-electron chi connectivity index (χ1n) is 4.87. The van der Waals surface area contributed by atoms with E-state index in [1.807, 2.05) is 0 Å². The summed E-state index contributed by atoms with van der Waals surface area (Å²) in [5.41, 5.74) is 0. The van der Waals surface area contributed by atoms with Crippen molar-refractivity contribution in [2.75, 3.05) is 33.4 Å². The highest BCUT2D eigenvalue weighted by atomic mass is 32.1. The number of thiocarbonyl (C=S) groups is 1. The summed E-state index contributed by atoms with van der Waals surface area (Å²) < 4.78 is 9.60. The number of hydrogen-bond donors (Lipinski definition) is 2. The Balaban J connectivity index is 3.36. The van der Waals surface area contributed by atoms with E-state index in [-0.39, 0.29) is 12.5 Å². The number of ether oxygens (including phenoxy) is 2. The first kappa shape index (κ1) is 14.1. The summed E-state index contributed by atoms with van der Waals surface area (Å²) in [7, 11) is 1.65. The largest absolute Gasteiger partial charge is 0.465 e. The van der Waals surface area contributed by atoms with E-state index in [1.165, 1.54) is 0 Å². The number of carbonyl (C=O) groups excluding carboxylic acids is 1. The molecule has 0 unspecified atom stereocenters. The number of rotatable bonds is 7. The topological polar surface area (TPSA) is 59.6 Å². The molecule has 0 aliphatic rings. The summed E-state index contributed by atoms with van der Waals surface area (Å²) >= 11 is 4.94. The Morgan fingerprint density at radius 2 is 2.13 bits per heavy atom. The monoisotopic (exact) mass is 234 g/mol. The van der Waals surface area contributed by atoms with Gasteiger partial charge in [-0.15, -0.1) is 0 Å². The number of hydrogen-bond acceptors (Lipinski definition) is 4. The van der Waals surface area contributed by atoms with Crippen LogP contribution in [-0.2, 0) is 14.3 Å². The zero-order valence-corrected chi connectivity index (χ0v) is 9.99. The lowest BCUT2D eigenvalue weighted by atomic mass is 10.4. The predicted molar refractivity (Wildman–Crippen MR) is 61.7 cm³/mol. The van der Waals surface area contributed by atoms with Crippen LogP contribution in [0.5, 0.6) is 0 Å². The third-order valence-corrected chi connectivity index (χ3v) is 1.80. The molecule has 0 heterocycles. The van der Waals surface area contributed by atoms with E-state index >= 15 is 0 Å². The molecule has 2 N–H and O–H groups in total. The van der Waals surface area contributed by atoms with Crippen LogP contribution < -0.4 is 10.6 Å². The fourth-order valence-electron chi connectivity index (χ4n) is 0.845. The fraction of sp³-hybridized carbons (Fsp3) is 0.778. The minimum absolute atomic E-state index is 0.101. The first-order valence-corrected chi connectivity index (χ1v) is 5.27. The van der Waals surface area contributed by atoms with Gasteiger partial charge in [-0.2, -0.15) is 0 Å². The zero-order valence-electron chi connectivity index (χ0n) is 9.17. The standard InChI is InChI=1S/C9H18N2O3S/c1-3-14-8(12)7-11-9(15)10-5-4-6-13-2/h3-7H2,1-2H3,(H2,10,11,15). The Hall–Kier alpha value is -0.880. The molecule has 0 atom stereocenters. The fourth-order valence-corrected chi connectivity index (χ4v) is 1.02. The van der Waals surface area contributed by atoms with Gasteiger partial charge in [-0.25, -0.2) is 0 Å². The van der Waals surface area contributed by atoms with Crippen LogP contribution in [0.3, 0.4) is 0 Å².